The van der Waals surface area contributed by atoms with Gasteiger partial charge in [0.05, 0.1) is 5.56 Å². The van der Waals surface area contributed by atoms with Crippen LogP contribution in [-0.2, 0) is 0 Å². The van der Waals surface area contributed by atoms with Gasteiger partial charge in [0.25, 0.3) is 5.91 Å². The van der Waals surface area contributed by atoms with Gasteiger partial charge in [0.15, 0.2) is 0 Å². The molecule has 4 heteroatoms. The van der Waals surface area contributed by atoms with Crippen LogP contribution in [0.3, 0.4) is 0 Å². The summed E-state index contributed by atoms with van der Waals surface area (Å²) < 4.78 is 0. The predicted octanol–water partition coefficient (Wildman–Crippen LogP) is 3.49. The van der Waals surface area contributed by atoms with Crippen molar-refractivity contribution in [3.8, 4) is 0 Å². The van der Waals surface area contributed by atoms with E-state index in [-0.39, 0.29) is 5.91 Å². The third-order valence-corrected chi connectivity index (χ3v) is 3.33. The monoisotopic (exact) mass is 283 g/mol. The summed E-state index contributed by atoms with van der Waals surface area (Å²) in [5, 5.41) is 3.33. The average molecular weight is 283 g/mol. The highest BCUT2D eigenvalue weighted by Gasteiger charge is 2.17. The van der Waals surface area contributed by atoms with Crippen LogP contribution in [0.5, 0.6) is 0 Å². The molecule has 1 aromatic carbocycles. The van der Waals surface area contributed by atoms with Crippen LogP contribution in [0.4, 0.5) is 11.4 Å². The Bertz CT molecular complexity index is 611. The number of carbonyl (C=O) groups is 1. The normalized spacial score (nSPS) is 10.2. The summed E-state index contributed by atoms with van der Waals surface area (Å²) in [6, 6.07) is 9.51. The van der Waals surface area contributed by atoms with E-state index in [4.69, 9.17) is 0 Å². The number of anilines is 2. The summed E-state index contributed by atoms with van der Waals surface area (Å²) in [5.41, 5.74) is 3.55. The number of amides is 1. The third kappa shape index (κ3) is 3.60. The second kappa shape index (κ2) is 6.88. The van der Waals surface area contributed by atoms with Crippen molar-refractivity contribution >= 4 is 17.3 Å². The van der Waals surface area contributed by atoms with Crippen LogP contribution in [-0.4, -0.2) is 24.5 Å². The van der Waals surface area contributed by atoms with Crippen molar-refractivity contribution in [2.45, 2.75) is 20.3 Å². The number of carbonyl (C=O) groups excluding carboxylic acids is 1. The van der Waals surface area contributed by atoms with E-state index in [1.807, 2.05) is 37.3 Å². The SMILES string of the molecule is CCCNc1cc(C)ccc1C(=O)N(C)c1ccncc1. The second-order valence-electron chi connectivity index (χ2n) is 5.05. The van der Waals surface area contributed by atoms with Crippen LogP contribution in [0.15, 0.2) is 42.7 Å². The molecule has 21 heavy (non-hydrogen) atoms. The Balaban J connectivity index is 2.30. The average Bonchev–Trinajstić information content (AvgIpc) is 2.52. The van der Waals surface area contributed by atoms with Crippen molar-refractivity contribution in [2.75, 3.05) is 23.8 Å². The van der Waals surface area contributed by atoms with Gasteiger partial charge in [0, 0.05) is 37.4 Å². The number of hydrogen-bond donors (Lipinski definition) is 1. The molecule has 110 valence electrons. The predicted molar refractivity (Wildman–Crippen MR) is 86.9 cm³/mol. The lowest BCUT2D eigenvalue weighted by molar-refractivity contribution is 0.0994. The van der Waals surface area contributed by atoms with Crippen molar-refractivity contribution in [3.63, 3.8) is 0 Å². The van der Waals surface area contributed by atoms with E-state index in [0.29, 0.717) is 5.56 Å². The van der Waals surface area contributed by atoms with Gasteiger partial charge in [-0.2, -0.15) is 0 Å². The van der Waals surface area contributed by atoms with Gasteiger partial charge >= 0.3 is 0 Å². The van der Waals surface area contributed by atoms with E-state index in [2.05, 4.69) is 17.2 Å². The lowest BCUT2D eigenvalue weighted by atomic mass is 10.1. The third-order valence-electron chi connectivity index (χ3n) is 3.33. The largest absolute Gasteiger partial charge is 0.384 e. The number of pyridine rings is 1. The number of aryl methyl sites for hydroxylation is 1. The molecule has 0 aliphatic carbocycles. The van der Waals surface area contributed by atoms with Crippen molar-refractivity contribution in [1.82, 2.24) is 4.98 Å². The highest BCUT2D eigenvalue weighted by molar-refractivity contribution is 6.09. The zero-order valence-electron chi connectivity index (χ0n) is 12.8. The molecule has 0 bridgehead atoms. The van der Waals surface area contributed by atoms with Gasteiger partial charge in [-0.3, -0.25) is 9.78 Å². The molecular weight excluding hydrogens is 262 g/mol. The molecule has 1 amide bonds. The number of nitrogens with one attached hydrogen (secondary N) is 1. The molecule has 4 nitrogen and oxygen atoms in total. The van der Waals surface area contributed by atoms with Crippen LogP contribution in [0.1, 0.15) is 29.3 Å². The molecule has 0 unspecified atom stereocenters. The van der Waals surface area contributed by atoms with E-state index in [0.717, 1.165) is 29.9 Å². The summed E-state index contributed by atoms with van der Waals surface area (Å²) in [5.74, 6) is -0.0280. The van der Waals surface area contributed by atoms with Crippen molar-refractivity contribution < 1.29 is 4.79 Å². The first-order chi connectivity index (χ1) is 10.1. The maximum absolute atomic E-state index is 12.7. The standard InChI is InChI=1S/C17H21N3O/c1-4-9-19-16-12-13(2)5-6-15(16)17(21)20(3)14-7-10-18-11-8-14/h5-8,10-12,19H,4,9H2,1-3H3. The highest BCUT2D eigenvalue weighted by atomic mass is 16.2. The smallest absolute Gasteiger partial charge is 0.260 e. The van der Waals surface area contributed by atoms with Crippen molar-refractivity contribution in [2.24, 2.45) is 0 Å². The summed E-state index contributed by atoms with van der Waals surface area (Å²) in [6.45, 7) is 4.98. The van der Waals surface area contributed by atoms with Crippen LogP contribution in [0, 0.1) is 6.92 Å². The molecule has 1 aromatic heterocycles. The molecule has 0 aliphatic rings. The van der Waals surface area contributed by atoms with Gasteiger partial charge in [0.1, 0.15) is 0 Å². The topological polar surface area (TPSA) is 45.2 Å². The summed E-state index contributed by atoms with van der Waals surface area (Å²) >= 11 is 0. The molecule has 2 rings (SSSR count). The van der Waals surface area contributed by atoms with E-state index in [1.165, 1.54) is 0 Å². The van der Waals surface area contributed by atoms with E-state index in [9.17, 15) is 4.79 Å². The summed E-state index contributed by atoms with van der Waals surface area (Å²) in [4.78, 5) is 18.3. The van der Waals surface area contributed by atoms with Gasteiger partial charge < -0.3 is 10.2 Å². The van der Waals surface area contributed by atoms with Crippen LogP contribution < -0.4 is 10.2 Å². The van der Waals surface area contributed by atoms with Crippen LogP contribution in [0.25, 0.3) is 0 Å². The zero-order chi connectivity index (χ0) is 15.2. The molecule has 1 N–H and O–H groups in total. The molecule has 2 aromatic rings. The minimum absolute atomic E-state index is 0.0280. The molecular formula is C17H21N3O. The molecule has 0 aliphatic heterocycles. The maximum atomic E-state index is 12.7. The Kier molecular flexibility index (Phi) is 4.93. The molecule has 0 atom stereocenters. The first kappa shape index (κ1) is 15.0. The van der Waals surface area contributed by atoms with Gasteiger partial charge in [-0.25, -0.2) is 0 Å². The zero-order valence-corrected chi connectivity index (χ0v) is 12.8. The van der Waals surface area contributed by atoms with Crippen molar-refractivity contribution in [3.05, 3.63) is 53.9 Å². The van der Waals surface area contributed by atoms with E-state index in [1.54, 1.807) is 24.3 Å². The van der Waals surface area contributed by atoms with Crippen LogP contribution in [0.2, 0.25) is 0 Å². The number of benzene rings is 1. The fourth-order valence-corrected chi connectivity index (χ4v) is 2.12. The Labute approximate surface area is 125 Å². The second-order valence-corrected chi connectivity index (χ2v) is 5.05. The van der Waals surface area contributed by atoms with Crippen molar-refractivity contribution in [1.29, 1.82) is 0 Å². The maximum Gasteiger partial charge on any atom is 0.260 e. The Hall–Kier alpha value is -2.36. The summed E-state index contributed by atoms with van der Waals surface area (Å²) in [7, 11) is 1.78. The van der Waals surface area contributed by atoms with Gasteiger partial charge in [0.2, 0.25) is 0 Å². The fraction of sp³-hybridized carbons (Fsp3) is 0.294. The Morgan fingerprint density at radius 2 is 1.95 bits per heavy atom. The quantitative estimate of drug-likeness (QED) is 0.913. The number of rotatable bonds is 5. The molecule has 0 spiro atoms. The molecule has 0 saturated carbocycles. The first-order valence-corrected chi connectivity index (χ1v) is 7.16. The van der Waals surface area contributed by atoms with Gasteiger partial charge in [-0.1, -0.05) is 13.0 Å². The van der Waals surface area contributed by atoms with E-state index < -0.39 is 0 Å². The number of hydrogen-bond acceptors (Lipinski definition) is 3. The van der Waals surface area contributed by atoms with Gasteiger partial charge in [-0.15, -0.1) is 0 Å². The Morgan fingerprint density at radius 1 is 1.24 bits per heavy atom. The molecule has 0 saturated heterocycles. The molecule has 0 fully saturated rings. The summed E-state index contributed by atoms with van der Waals surface area (Å²) in [6.07, 6.45) is 4.39. The highest BCUT2D eigenvalue weighted by Crippen LogP contribution is 2.22. The lowest BCUT2D eigenvalue weighted by Crippen LogP contribution is -2.27. The Morgan fingerprint density at radius 3 is 2.62 bits per heavy atom. The minimum Gasteiger partial charge on any atom is -0.384 e. The minimum atomic E-state index is -0.0280. The molecule has 1 heterocycles. The van der Waals surface area contributed by atoms with Crippen LogP contribution >= 0.6 is 0 Å². The fourth-order valence-electron chi connectivity index (χ4n) is 2.12. The van der Waals surface area contributed by atoms with Gasteiger partial charge in [-0.05, 0) is 43.2 Å². The lowest BCUT2D eigenvalue weighted by Gasteiger charge is -2.20. The number of nitrogens with zero attached hydrogens (tertiary/aromatic N) is 2. The molecule has 0 radical (unpaired) electrons. The first-order valence-electron chi connectivity index (χ1n) is 7.16. The number of aromatic nitrogens is 1. The van der Waals surface area contributed by atoms with E-state index >= 15 is 0 Å².